The minimum atomic E-state index is -0.567. The van der Waals surface area contributed by atoms with Gasteiger partial charge in [0.05, 0.1) is 11.4 Å². The van der Waals surface area contributed by atoms with Gasteiger partial charge in [-0.2, -0.15) is 4.73 Å². The fourth-order valence-corrected chi connectivity index (χ4v) is 17.9. The van der Waals surface area contributed by atoms with Crippen molar-refractivity contribution in [2.75, 3.05) is 87.6 Å². The summed E-state index contributed by atoms with van der Waals surface area (Å²) in [7, 11) is 8.59. The standard InChI is InChI=1S/C79H106Cl3N13O8/c1-13-90(60-22-16-57(17-23-60)87(9)10)71-40-56(82)39-67(51(71)8)76(98)85-45-70-53(36-63-28-31-86-93(63)77(70)99)46-89(12)59-20-26-62(27-21-59)92(15-3)73-42-55(81)38-66(50(73)7)75(97)84-44-69-52(35-64-30-33-103-95(64)79(69)101)29-32-88(11)58-18-24-61(25-19-58)91(14-2)72-41-54(80)37-65(49(72)6)74(96)83-43-68-47(4)34-48(5)94(102)78(68)100/h34-42,57-62,86,102H,13-33,43-46H2,1-12H3,(H,83,96)(H,84,97)(H,85,98). The molecule has 2 aliphatic heterocycles. The van der Waals surface area contributed by atoms with Gasteiger partial charge in [-0.25, -0.2) is 4.68 Å². The van der Waals surface area contributed by atoms with Gasteiger partial charge >= 0.3 is 0 Å². The van der Waals surface area contributed by atoms with Crippen LogP contribution in [0.1, 0.15) is 196 Å². The molecule has 3 saturated carbocycles. The van der Waals surface area contributed by atoms with Crippen LogP contribution in [0.3, 0.4) is 0 Å². The van der Waals surface area contributed by atoms with Gasteiger partial charge in [0.2, 0.25) is 0 Å². The van der Waals surface area contributed by atoms with Crippen LogP contribution in [0, 0.1) is 34.6 Å². The summed E-state index contributed by atoms with van der Waals surface area (Å²) in [5.74, 6) is -0.947. The quantitative estimate of drug-likeness (QED) is 0.0320. The Morgan fingerprint density at radius 3 is 1.39 bits per heavy atom. The maximum Gasteiger partial charge on any atom is 0.288 e. The molecule has 0 unspecified atom stereocenters. The van der Waals surface area contributed by atoms with E-state index in [-0.39, 0.29) is 66.6 Å². The summed E-state index contributed by atoms with van der Waals surface area (Å²) in [5, 5.41) is 20.8. The lowest BCUT2D eigenvalue weighted by Gasteiger charge is -2.41. The van der Waals surface area contributed by atoms with Crippen LogP contribution in [0.25, 0.3) is 0 Å². The Balaban J connectivity index is 0.701. The number of benzene rings is 3. The molecule has 0 atom stereocenters. The fourth-order valence-electron chi connectivity index (χ4n) is 17.2. The molecule has 0 radical (unpaired) electrons. The Labute approximate surface area is 621 Å². The zero-order chi connectivity index (χ0) is 73.8. The maximum absolute atomic E-state index is 14.6. The molecular weight excluding hydrogens is 1370 g/mol. The van der Waals surface area contributed by atoms with E-state index in [1.165, 1.54) is 4.73 Å². The Hall–Kier alpha value is -7.53. The molecule has 3 amide bonds. The van der Waals surface area contributed by atoms with Crippen molar-refractivity contribution in [2.45, 2.75) is 214 Å². The smallest absolute Gasteiger partial charge is 0.288 e. The molecule has 5 heterocycles. The predicted octanol–water partition coefficient (Wildman–Crippen LogP) is 11.1. The Bertz CT molecular complexity index is 4320. The molecule has 3 aromatic carbocycles. The number of carbonyl (C=O) groups excluding carboxylic acids is 3. The van der Waals surface area contributed by atoms with Crippen LogP contribution >= 0.6 is 34.8 Å². The number of amides is 3. The summed E-state index contributed by atoms with van der Waals surface area (Å²) in [6, 6.07) is 18.7. The number of aromatic nitrogens is 3. The first-order valence-electron chi connectivity index (χ1n) is 37.2. The van der Waals surface area contributed by atoms with E-state index >= 15 is 0 Å². The summed E-state index contributed by atoms with van der Waals surface area (Å²) < 4.78 is 3.62. The zero-order valence-electron chi connectivity index (χ0n) is 62.3. The fraction of sp³-hybridized carbons (Fsp3) is 0.544. The SMILES string of the molecule is CCN(c1cc(Cl)cc(C(=O)NCc2c(C)cc(C)n(O)c2=O)c1C)C1CCC(N(C)CCc2cc3n(c(=O)c2CNC(=O)c2cc(Cl)cc(N(CC)C4CCC(N(C)Cc5cc6n(c(=O)c5CNC(=O)c5cc(Cl)cc(N(CC)C7CCC(N(C)C)CC7)c5C)NCC6)CC4)c2C)OCC3)CC1. The highest BCUT2D eigenvalue weighted by molar-refractivity contribution is 6.32. The molecule has 21 nitrogen and oxygen atoms in total. The van der Waals surface area contributed by atoms with Crippen molar-refractivity contribution in [1.29, 1.82) is 0 Å². The van der Waals surface area contributed by atoms with Gasteiger partial charge in [0.1, 0.15) is 6.61 Å². The predicted molar refractivity (Wildman–Crippen MR) is 413 cm³/mol. The van der Waals surface area contributed by atoms with Crippen molar-refractivity contribution < 1.29 is 24.4 Å². The number of aryl methyl sites for hydroxylation is 2. The van der Waals surface area contributed by atoms with Crippen molar-refractivity contribution in [3.63, 3.8) is 0 Å². The monoisotopic (exact) mass is 1470 g/mol. The molecule has 103 heavy (non-hydrogen) atoms. The van der Waals surface area contributed by atoms with Crippen LogP contribution in [0.5, 0.6) is 0 Å². The lowest BCUT2D eigenvalue weighted by molar-refractivity contribution is 0.0941. The third-order valence-corrected chi connectivity index (χ3v) is 23.9. The molecule has 3 fully saturated rings. The van der Waals surface area contributed by atoms with Crippen LogP contribution < -0.4 is 57.6 Å². The molecule has 5 N–H and O–H groups in total. The molecular formula is C79H106Cl3N13O8. The maximum atomic E-state index is 14.6. The summed E-state index contributed by atoms with van der Waals surface area (Å²) in [5.41, 5.74) is 14.9. The second-order valence-electron chi connectivity index (χ2n) is 29.5. The van der Waals surface area contributed by atoms with Gasteiger partial charge < -0.3 is 55.9 Å². The number of hydrogen-bond acceptors (Lipinski definition) is 15. The Morgan fingerprint density at radius 1 is 0.515 bits per heavy atom. The zero-order valence-corrected chi connectivity index (χ0v) is 64.6. The van der Waals surface area contributed by atoms with Crippen LogP contribution in [0.2, 0.25) is 15.1 Å². The lowest BCUT2D eigenvalue weighted by atomic mass is 9.88. The van der Waals surface area contributed by atoms with E-state index in [1.54, 1.807) is 42.8 Å². The average Bonchev–Trinajstić information content (AvgIpc) is 1.79. The topological polar surface area (TPSA) is 214 Å². The van der Waals surface area contributed by atoms with Crippen LogP contribution in [-0.4, -0.2) is 156 Å². The van der Waals surface area contributed by atoms with Crippen LogP contribution in [0.4, 0.5) is 17.1 Å². The summed E-state index contributed by atoms with van der Waals surface area (Å²) >= 11 is 20.5. The number of hydrogen-bond donors (Lipinski definition) is 5. The average molecular weight is 1470 g/mol. The summed E-state index contributed by atoms with van der Waals surface area (Å²) in [6.45, 7) is 20.3. The summed E-state index contributed by atoms with van der Waals surface area (Å²) in [4.78, 5) is 104. The van der Waals surface area contributed by atoms with Crippen LogP contribution in [0.15, 0.2) is 69.0 Å². The van der Waals surface area contributed by atoms with Gasteiger partial charge in [-0.05, 0) is 255 Å². The molecule has 5 aliphatic rings. The van der Waals surface area contributed by atoms with Crippen molar-refractivity contribution in [2.24, 2.45) is 0 Å². The minimum absolute atomic E-state index is 0.00566. The van der Waals surface area contributed by atoms with Crippen molar-refractivity contribution in [1.82, 2.24) is 44.8 Å². The first-order valence-corrected chi connectivity index (χ1v) is 38.4. The van der Waals surface area contributed by atoms with Crippen molar-refractivity contribution in [3.05, 3.63) is 185 Å². The molecule has 556 valence electrons. The highest BCUT2D eigenvalue weighted by Crippen LogP contribution is 2.39. The van der Waals surface area contributed by atoms with Gasteiger partial charge in [0.25, 0.3) is 34.4 Å². The molecule has 11 rings (SSSR count). The number of pyridine rings is 3. The molecule has 3 aromatic heterocycles. The Morgan fingerprint density at radius 2 is 0.932 bits per heavy atom. The van der Waals surface area contributed by atoms with Crippen molar-refractivity contribution >= 4 is 69.6 Å². The van der Waals surface area contributed by atoms with Gasteiger partial charge in [-0.3, -0.25) is 33.7 Å². The number of fused-ring (bicyclic) bond motifs is 2. The second kappa shape index (κ2) is 33.3. The normalized spacial score (nSPS) is 19.4. The molecule has 0 spiro atoms. The van der Waals surface area contributed by atoms with E-state index in [2.05, 4.69) is 112 Å². The van der Waals surface area contributed by atoms with Gasteiger partial charge in [0, 0.05) is 179 Å². The number of likely N-dealkylation sites (N-methyl/N-ethyl adjacent to an activating group) is 1. The second-order valence-corrected chi connectivity index (χ2v) is 30.8. The minimum Gasteiger partial charge on any atom is -0.425 e. The number of rotatable bonds is 26. The Kier molecular flexibility index (Phi) is 24.8. The van der Waals surface area contributed by atoms with Crippen LogP contribution in [-0.2, 0) is 45.4 Å². The highest BCUT2D eigenvalue weighted by atomic mass is 35.5. The molecule has 6 aromatic rings. The summed E-state index contributed by atoms with van der Waals surface area (Å²) in [6.07, 6.45) is 13.7. The first kappa shape index (κ1) is 76.6. The number of halogens is 3. The van der Waals surface area contributed by atoms with Crippen molar-refractivity contribution in [3.8, 4) is 0 Å². The lowest BCUT2D eigenvalue weighted by Crippen LogP contribution is -2.44. The molecule has 3 aliphatic carbocycles. The molecule has 24 heteroatoms. The number of nitrogens with one attached hydrogen (secondary N) is 4. The van der Waals surface area contributed by atoms with E-state index in [0.717, 1.165) is 146 Å². The van der Waals surface area contributed by atoms with E-state index in [9.17, 15) is 34.0 Å². The van der Waals surface area contributed by atoms with E-state index in [1.807, 2.05) is 39.0 Å². The number of carbonyl (C=O) groups is 3. The molecule has 0 bridgehead atoms. The number of anilines is 3. The van der Waals surface area contributed by atoms with E-state index in [4.69, 9.17) is 39.6 Å². The van der Waals surface area contributed by atoms with E-state index < -0.39 is 5.56 Å². The van der Waals surface area contributed by atoms with E-state index in [0.29, 0.717) is 135 Å². The third kappa shape index (κ3) is 16.6. The van der Waals surface area contributed by atoms with Gasteiger partial charge in [-0.1, -0.05) is 34.8 Å². The molecule has 0 saturated heterocycles. The highest BCUT2D eigenvalue weighted by Gasteiger charge is 2.35. The first-order chi connectivity index (χ1) is 49.3. The van der Waals surface area contributed by atoms with Gasteiger partial charge in [0.15, 0.2) is 0 Å². The van der Waals surface area contributed by atoms with Gasteiger partial charge in [-0.15, -0.1) is 4.73 Å². The third-order valence-electron chi connectivity index (χ3n) is 23.3. The number of nitrogens with zero attached hydrogens (tertiary/aromatic N) is 9. The largest absolute Gasteiger partial charge is 0.425 e.